The zero-order chi connectivity index (χ0) is 10.6. The van der Waals surface area contributed by atoms with Gasteiger partial charge in [0.05, 0.1) is 0 Å². The Morgan fingerprint density at radius 2 is 2.29 bits per heavy atom. The van der Waals surface area contributed by atoms with Crippen molar-refractivity contribution in [3.63, 3.8) is 0 Å². The molecule has 1 heterocycles. The van der Waals surface area contributed by atoms with Crippen molar-refractivity contribution < 1.29 is 4.79 Å². The molecule has 1 amide bonds. The second-order valence-electron chi connectivity index (χ2n) is 4.04. The van der Waals surface area contributed by atoms with Gasteiger partial charge >= 0.3 is 0 Å². The maximum Gasteiger partial charge on any atom is 0.216 e. The van der Waals surface area contributed by atoms with Gasteiger partial charge in [0.25, 0.3) is 0 Å². The van der Waals surface area contributed by atoms with Crippen LogP contribution in [0.2, 0.25) is 0 Å². The standard InChI is InChI=1S/C11H16N2O/c1-9(14)13-8-11(2,3)10-5-4-6-12-7-10/h4-7H,8H2,1-3H3,(H,13,14). The largest absolute Gasteiger partial charge is 0.355 e. The summed E-state index contributed by atoms with van der Waals surface area (Å²) >= 11 is 0. The molecule has 0 spiro atoms. The van der Waals surface area contributed by atoms with Crippen LogP contribution in [0.15, 0.2) is 24.5 Å². The first-order chi connectivity index (χ1) is 6.52. The van der Waals surface area contributed by atoms with E-state index >= 15 is 0 Å². The Morgan fingerprint density at radius 3 is 2.79 bits per heavy atom. The minimum atomic E-state index is -0.0695. The van der Waals surface area contributed by atoms with E-state index in [0.717, 1.165) is 5.56 Å². The molecule has 1 aromatic rings. The summed E-state index contributed by atoms with van der Waals surface area (Å²) in [5, 5.41) is 2.82. The van der Waals surface area contributed by atoms with Gasteiger partial charge in [-0.1, -0.05) is 19.9 Å². The first kappa shape index (κ1) is 10.7. The maximum absolute atomic E-state index is 10.8. The van der Waals surface area contributed by atoms with Gasteiger partial charge in [0.1, 0.15) is 0 Å². The summed E-state index contributed by atoms with van der Waals surface area (Å²) in [6.07, 6.45) is 3.58. The van der Waals surface area contributed by atoms with E-state index in [2.05, 4.69) is 24.1 Å². The van der Waals surface area contributed by atoms with E-state index in [1.807, 2.05) is 18.3 Å². The smallest absolute Gasteiger partial charge is 0.216 e. The molecule has 0 fully saturated rings. The minimum Gasteiger partial charge on any atom is -0.355 e. The zero-order valence-corrected chi connectivity index (χ0v) is 8.87. The molecule has 0 atom stereocenters. The number of pyridine rings is 1. The van der Waals surface area contributed by atoms with Crippen LogP contribution in [0.25, 0.3) is 0 Å². The molecule has 0 aliphatic carbocycles. The van der Waals surface area contributed by atoms with E-state index < -0.39 is 0 Å². The van der Waals surface area contributed by atoms with Crippen LogP contribution in [0.1, 0.15) is 26.3 Å². The van der Waals surface area contributed by atoms with Gasteiger partial charge in [0, 0.05) is 31.3 Å². The van der Waals surface area contributed by atoms with Gasteiger partial charge < -0.3 is 5.32 Å². The zero-order valence-electron chi connectivity index (χ0n) is 8.87. The Hall–Kier alpha value is -1.38. The van der Waals surface area contributed by atoms with Crippen LogP contribution >= 0.6 is 0 Å². The minimum absolute atomic E-state index is 0.00182. The van der Waals surface area contributed by atoms with Crippen LogP contribution in [-0.4, -0.2) is 17.4 Å². The number of hydrogen-bond acceptors (Lipinski definition) is 2. The molecule has 3 heteroatoms. The number of amides is 1. The van der Waals surface area contributed by atoms with Crippen molar-refractivity contribution in [3.05, 3.63) is 30.1 Å². The predicted octanol–water partition coefficient (Wildman–Crippen LogP) is 1.50. The van der Waals surface area contributed by atoms with E-state index in [-0.39, 0.29) is 11.3 Å². The molecule has 0 aliphatic heterocycles. The fraction of sp³-hybridized carbons (Fsp3) is 0.455. The van der Waals surface area contributed by atoms with Crippen LogP contribution in [0.4, 0.5) is 0 Å². The SMILES string of the molecule is CC(=O)NCC(C)(C)c1cccnc1. The third-order valence-electron chi connectivity index (χ3n) is 2.22. The number of rotatable bonds is 3. The lowest BCUT2D eigenvalue weighted by Crippen LogP contribution is -2.35. The van der Waals surface area contributed by atoms with Crippen molar-refractivity contribution in [3.8, 4) is 0 Å². The Morgan fingerprint density at radius 1 is 1.57 bits per heavy atom. The molecule has 14 heavy (non-hydrogen) atoms. The fourth-order valence-corrected chi connectivity index (χ4v) is 1.21. The Bertz CT molecular complexity index is 306. The Balaban J connectivity index is 2.70. The molecule has 76 valence electrons. The third-order valence-corrected chi connectivity index (χ3v) is 2.22. The van der Waals surface area contributed by atoms with Gasteiger partial charge in [-0.05, 0) is 11.6 Å². The van der Waals surface area contributed by atoms with Gasteiger partial charge in [-0.15, -0.1) is 0 Å². The van der Waals surface area contributed by atoms with Gasteiger partial charge in [0.2, 0.25) is 5.91 Å². The van der Waals surface area contributed by atoms with Gasteiger partial charge in [-0.3, -0.25) is 9.78 Å². The maximum atomic E-state index is 10.8. The molecule has 0 bridgehead atoms. The molecular formula is C11H16N2O. The third kappa shape index (κ3) is 2.83. The molecule has 3 nitrogen and oxygen atoms in total. The number of hydrogen-bond donors (Lipinski definition) is 1. The monoisotopic (exact) mass is 192 g/mol. The van der Waals surface area contributed by atoms with Crippen molar-refractivity contribution in [2.45, 2.75) is 26.2 Å². The van der Waals surface area contributed by atoms with Crippen molar-refractivity contribution in [1.29, 1.82) is 0 Å². The second-order valence-corrected chi connectivity index (χ2v) is 4.04. The van der Waals surface area contributed by atoms with Crippen molar-refractivity contribution in [1.82, 2.24) is 10.3 Å². The number of nitrogens with zero attached hydrogens (tertiary/aromatic N) is 1. The lowest BCUT2D eigenvalue weighted by molar-refractivity contribution is -0.119. The van der Waals surface area contributed by atoms with Crippen molar-refractivity contribution >= 4 is 5.91 Å². The van der Waals surface area contributed by atoms with E-state index in [9.17, 15) is 4.79 Å². The Kier molecular flexibility index (Phi) is 3.23. The van der Waals surface area contributed by atoms with E-state index in [0.29, 0.717) is 6.54 Å². The van der Waals surface area contributed by atoms with Gasteiger partial charge in [-0.25, -0.2) is 0 Å². The molecule has 0 unspecified atom stereocenters. The lowest BCUT2D eigenvalue weighted by Gasteiger charge is -2.24. The molecule has 0 saturated heterocycles. The first-order valence-electron chi connectivity index (χ1n) is 4.67. The molecule has 0 saturated carbocycles. The summed E-state index contributed by atoms with van der Waals surface area (Å²) in [7, 11) is 0. The van der Waals surface area contributed by atoms with Crippen LogP contribution in [-0.2, 0) is 10.2 Å². The summed E-state index contributed by atoms with van der Waals surface area (Å²) in [5.74, 6) is 0.00182. The van der Waals surface area contributed by atoms with Crippen LogP contribution in [0, 0.1) is 0 Å². The van der Waals surface area contributed by atoms with E-state index in [4.69, 9.17) is 0 Å². The first-order valence-corrected chi connectivity index (χ1v) is 4.67. The average Bonchev–Trinajstić information content (AvgIpc) is 2.16. The summed E-state index contributed by atoms with van der Waals surface area (Å²) in [5.41, 5.74) is 1.06. The van der Waals surface area contributed by atoms with E-state index in [1.165, 1.54) is 6.92 Å². The van der Waals surface area contributed by atoms with Crippen molar-refractivity contribution in [2.24, 2.45) is 0 Å². The molecule has 1 N–H and O–H groups in total. The lowest BCUT2D eigenvalue weighted by atomic mass is 9.86. The average molecular weight is 192 g/mol. The molecule has 0 aromatic carbocycles. The van der Waals surface area contributed by atoms with Crippen molar-refractivity contribution in [2.75, 3.05) is 6.54 Å². The summed E-state index contributed by atoms with van der Waals surface area (Å²) < 4.78 is 0. The second kappa shape index (κ2) is 4.22. The summed E-state index contributed by atoms with van der Waals surface area (Å²) in [6, 6.07) is 3.93. The number of carbonyl (C=O) groups is 1. The highest BCUT2D eigenvalue weighted by Gasteiger charge is 2.20. The molecule has 1 aromatic heterocycles. The van der Waals surface area contributed by atoms with Gasteiger partial charge in [0.15, 0.2) is 0 Å². The highest BCUT2D eigenvalue weighted by Crippen LogP contribution is 2.20. The quantitative estimate of drug-likeness (QED) is 0.788. The topological polar surface area (TPSA) is 42.0 Å². The summed E-state index contributed by atoms with van der Waals surface area (Å²) in [6.45, 7) is 6.33. The fourth-order valence-electron chi connectivity index (χ4n) is 1.21. The molecule has 0 radical (unpaired) electrons. The molecular weight excluding hydrogens is 176 g/mol. The Labute approximate surface area is 84.6 Å². The number of carbonyl (C=O) groups excluding carboxylic acids is 1. The molecule has 1 rings (SSSR count). The number of nitrogens with one attached hydrogen (secondary N) is 1. The summed E-state index contributed by atoms with van der Waals surface area (Å²) in [4.78, 5) is 14.9. The molecule has 0 aliphatic rings. The van der Waals surface area contributed by atoms with Crippen LogP contribution in [0.3, 0.4) is 0 Å². The highest BCUT2D eigenvalue weighted by molar-refractivity contribution is 5.72. The highest BCUT2D eigenvalue weighted by atomic mass is 16.1. The number of aromatic nitrogens is 1. The van der Waals surface area contributed by atoms with Gasteiger partial charge in [-0.2, -0.15) is 0 Å². The predicted molar refractivity (Wildman–Crippen MR) is 55.9 cm³/mol. The normalized spacial score (nSPS) is 11.1. The van der Waals surface area contributed by atoms with Crippen LogP contribution < -0.4 is 5.32 Å². The van der Waals surface area contributed by atoms with Crippen LogP contribution in [0.5, 0.6) is 0 Å². The van der Waals surface area contributed by atoms with E-state index in [1.54, 1.807) is 6.20 Å².